The Morgan fingerprint density at radius 2 is 1.94 bits per heavy atom. The summed E-state index contributed by atoms with van der Waals surface area (Å²) < 4.78 is 5.30. The summed E-state index contributed by atoms with van der Waals surface area (Å²) >= 11 is 0. The molecule has 0 unspecified atom stereocenters. The molecule has 0 aliphatic rings. The van der Waals surface area contributed by atoms with Gasteiger partial charge in [-0.25, -0.2) is 0 Å². The van der Waals surface area contributed by atoms with Crippen molar-refractivity contribution in [2.75, 3.05) is 12.8 Å². The minimum atomic E-state index is 0.832. The highest BCUT2D eigenvalue weighted by molar-refractivity contribution is 6.11. The molecule has 0 amide bonds. The van der Waals surface area contributed by atoms with Crippen LogP contribution in [0.25, 0.3) is 21.8 Å². The molecule has 0 aliphatic heterocycles. The number of methoxy groups -OCH3 is 1. The summed E-state index contributed by atoms with van der Waals surface area (Å²) in [5, 5.41) is 2.42. The number of hydrogen-bond acceptors (Lipinski definition) is 2. The molecule has 0 fully saturated rings. The molecule has 0 saturated carbocycles. The molecule has 3 rings (SSSR count). The fourth-order valence-corrected chi connectivity index (χ4v) is 2.55. The van der Waals surface area contributed by atoms with Gasteiger partial charge >= 0.3 is 0 Å². The third kappa shape index (κ3) is 1.37. The Hall–Kier alpha value is -2.16. The number of nitrogen functional groups attached to an aromatic ring is 1. The maximum Gasteiger partial charge on any atom is 0.119 e. The van der Waals surface area contributed by atoms with Crippen LogP contribution in [-0.2, 0) is 0 Å². The number of H-pyrrole nitrogens is 1. The van der Waals surface area contributed by atoms with Crippen LogP contribution in [0, 0.1) is 13.8 Å². The fraction of sp³-hybridized carbons (Fsp3) is 0.200. The number of nitrogens with one attached hydrogen (secondary N) is 1. The molecule has 1 heterocycles. The van der Waals surface area contributed by atoms with E-state index in [-0.39, 0.29) is 0 Å². The second-order valence-corrected chi connectivity index (χ2v) is 4.69. The van der Waals surface area contributed by atoms with Crippen molar-refractivity contribution in [3.8, 4) is 5.75 Å². The predicted octanol–water partition coefficient (Wildman–Crippen LogP) is 3.53. The maximum absolute atomic E-state index is 6.02. The summed E-state index contributed by atoms with van der Waals surface area (Å²) in [7, 11) is 1.69. The Balaban J connectivity index is 2.52. The topological polar surface area (TPSA) is 51.0 Å². The number of anilines is 1. The van der Waals surface area contributed by atoms with Gasteiger partial charge in [-0.05, 0) is 49.2 Å². The predicted molar refractivity (Wildman–Crippen MR) is 76.2 cm³/mol. The molecule has 0 aliphatic carbocycles. The van der Waals surface area contributed by atoms with Gasteiger partial charge in [-0.1, -0.05) is 0 Å². The highest BCUT2D eigenvalue weighted by Crippen LogP contribution is 2.34. The van der Waals surface area contributed by atoms with Crippen molar-refractivity contribution in [1.29, 1.82) is 0 Å². The zero-order chi connectivity index (χ0) is 12.9. The summed E-state index contributed by atoms with van der Waals surface area (Å²) in [6.07, 6.45) is 0. The largest absolute Gasteiger partial charge is 0.497 e. The lowest BCUT2D eigenvalue weighted by Crippen LogP contribution is -1.91. The van der Waals surface area contributed by atoms with E-state index in [1.807, 2.05) is 25.1 Å². The van der Waals surface area contributed by atoms with Gasteiger partial charge in [0.25, 0.3) is 0 Å². The van der Waals surface area contributed by atoms with Crippen LogP contribution in [0.4, 0.5) is 5.69 Å². The van der Waals surface area contributed by atoms with Gasteiger partial charge in [0.05, 0.1) is 12.6 Å². The number of aromatic nitrogens is 1. The monoisotopic (exact) mass is 240 g/mol. The second kappa shape index (κ2) is 3.67. The number of hydrogen-bond donors (Lipinski definition) is 2. The van der Waals surface area contributed by atoms with Crippen LogP contribution >= 0.6 is 0 Å². The van der Waals surface area contributed by atoms with Crippen LogP contribution in [0.2, 0.25) is 0 Å². The average molecular weight is 240 g/mol. The number of benzene rings is 2. The van der Waals surface area contributed by atoms with E-state index in [2.05, 4.69) is 18.0 Å². The number of ether oxygens (including phenoxy) is 1. The van der Waals surface area contributed by atoms with E-state index in [1.54, 1.807) is 7.11 Å². The summed E-state index contributed by atoms with van der Waals surface area (Å²) in [6.45, 7) is 4.13. The molecule has 0 atom stereocenters. The Kier molecular flexibility index (Phi) is 2.23. The lowest BCUT2D eigenvalue weighted by atomic mass is 10.0. The van der Waals surface area contributed by atoms with Gasteiger partial charge in [0.1, 0.15) is 5.75 Å². The molecule has 0 bridgehead atoms. The normalized spacial score (nSPS) is 11.3. The summed E-state index contributed by atoms with van der Waals surface area (Å²) in [6, 6.07) is 8.11. The summed E-state index contributed by atoms with van der Waals surface area (Å²) in [5.74, 6) is 0.872. The molecule has 0 saturated heterocycles. The number of aryl methyl sites for hydroxylation is 2. The molecule has 3 nitrogen and oxygen atoms in total. The van der Waals surface area contributed by atoms with E-state index < -0.39 is 0 Å². The Bertz CT molecular complexity index is 756. The van der Waals surface area contributed by atoms with E-state index in [4.69, 9.17) is 10.5 Å². The molecule has 92 valence electrons. The molecule has 3 aromatic rings. The molecule has 3 N–H and O–H groups in total. The number of nitrogens with two attached hydrogens (primary N) is 1. The van der Waals surface area contributed by atoms with Gasteiger partial charge in [0.15, 0.2) is 0 Å². The standard InChI is InChI=1S/C15H16N2O/c1-8-6-12(16)9(2)15-14(8)11-7-10(18-3)4-5-13(11)17-15/h4-7,17H,16H2,1-3H3. The van der Waals surface area contributed by atoms with Gasteiger partial charge in [-0.2, -0.15) is 0 Å². The van der Waals surface area contributed by atoms with Crippen molar-refractivity contribution >= 4 is 27.5 Å². The van der Waals surface area contributed by atoms with E-state index >= 15 is 0 Å². The Morgan fingerprint density at radius 3 is 2.67 bits per heavy atom. The highest BCUT2D eigenvalue weighted by Gasteiger charge is 2.11. The average Bonchev–Trinajstić information content (AvgIpc) is 2.74. The lowest BCUT2D eigenvalue weighted by molar-refractivity contribution is 0.415. The second-order valence-electron chi connectivity index (χ2n) is 4.69. The molecule has 0 spiro atoms. The van der Waals surface area contributed by atoms with Crippen molar-refractivity contribution in [3.05, 3.63) is 35.4 Å². The zero-order valence-corrected chi connectivity index (χ0v) is 10.8. The molecule has 1 aromatic heterocycles. The van der Waals surface area contributed by atoms with Crippen molar-refractivity contribution in [2.24, 2.45) is 0 Å². The molecule has 2 aromatic carbocycles. The summed E-state index contributed by atoms with van der Waals surface area (Å²) in [5.41, 5.74) is 11.4. The van der Waals surface area contributed by atoms with E-state index in [1.165, 1.54) is 16.3 Å². The maximum atomic E-state index is 6.02. The molecule has 18 heavy (non-hydrogen) atoms. The fourth-order valence-electron chi connectivity index (χ4n) is 2.55. The van der Waals surface area contributed by atoms with Crippen LogP contribution in [0.3, 0.4) is 0 Å². The van der Waals surface area contributed by atoms with Crippen LogP contribution in [0.5, 0.6) is 5.75 Å². The smallest absolute Gasteiger partial charge is 0.119 e. The van der Waals surface area contributed by atoms with Crippen LogP contribution in [-0.4, -0.2) is 12.1 Å². The minimum absolute atomic E-state index is 0.832. The van der Waals surface area contributed by atoms with Gasteiger partial charge in [0, 0.05) is 22.0 Å². The van der Waals surface area contributed by atoms with Crippen LogP contribution < -0.4 is 10.5 Å². The number of aromatic amines is 1. The van der Waals surface area contributed by atoms with Gasteiger partial charge in [-0.3, -0.25) is 0 Å². The van der Waals surface area contributed by atoms with Crippen LogP contribution in [0.15, 0.2) is 24.3 Å². The quantitative estimate of drug-likeness (QED) is 0.639. The van der Waals surface area contributed by atoms with Gasteiger partial charge in [0.2, 0.25) is 0 Å². The van der Waals surface area contributed by atoms with Crippen molar-refractivity contribution < 1.29 is 4.74 Å². The Labute approximate surface area is 106 Å². The zero-order valence-electron chi connectivity index (χ0n) is 10.8. The van der Waals surface area contributed by atoms with Crippen LogP contribution in [0.1, 0.15) is 11.1 Å². The first-order valence-electron chi connectivity index (χ1n) is 5.97. The van der Waals surface area contributed by atoms with E-state index in [0.717, 1.165) is 28.0 Å². The van der Waals surface area contributed by atoms with Gasteiger partial charge < -0.3 is 15.5 Å². The lowest BCUT2D eigenvalue weighted by Gasteiger charge is -2.05. The van der Waals surface area contributed by atoms with E-state index in [0.29, 0.717) is 0 Å². The first-order valence-corrected chi connectivity index (χ1v) is 5.97. The van der Waals surface area contributed by atoms with Crippen molar-refractivity contribution in [2.45, 2.75) is 13.8 Å². The first-order chi connectivity index (χ1) is 8.61. The molecular formula is C15H16N2O. The highest BCUT2D eigenvalue weighted by atomic mass is 16.5. The minimum Gasteiger partial charge on any atom is -0.497 e. The van der Waals surface area contributed by atoms with Crippen molar-refractivity contribution in [1.82, 2.24) is 4.98 Å². The van der Waals surface area contributed by atoms with Gasteiger partial charge in [-0.15, -0.1) is 0 Å². The summed E-state index contributed by atoms with van der Waals surface area (Å²) in [4.78, 5) is 3.44. The third-order valence-electron chi connectivity index (χ3n) is 3.58. The number of fused-ring (bicyclic) bond motifs is 3. The van der Waals surface area contributed by atoms with E-state index in [9.17, 15) is 0 Å². The SMILES string of the molecule is COc1ccc2[nH]c3c(C)c(N)cc(C)c3c2c1. The number of rotatable bonds is 1. The third-order valence-corrected chi connectivity index (χ3v) is 3.58. The first kappa shape index (κ1) is 11.0. The molecule has 0 radical (unpaired) electrons. The molecule has 3 heteroatoms. The van der Waals surface area contributed by atoms with Crippen molar-refractivity contribution in [3.63, 3.8) is 0 Å². The Morgan fingerprint density at radius 1 is 1.17 bits per heavy atom. The molecular weight excluding hydrogens is 224 g/mol.